The second-order valence-electron chi connectivity index (χ2n) is 10.0. The summed E-state index contributed by atoms with van der Waals surface area (Å²) in [7, 11) is 0. The third-order valence-electron chi connectivity index (χ3n) is 6.99. The third kappa shape index (κ3) is 8.88. The Bertz CT molecular complexity index is 987. The molecule has 202 valence electrons. The van der Waals surface area contributed by atoms with Crippen LogP contribution in [0.4, 0.5) is 0 Å². The Hall–Kier alpha value is -3.41. The summed E-state index contributed by atoms with van der Waals surface area (Å²) in [5.41, 5.74) is 1.23. The molecule has 0 saturated carbocycles. The molecule has 0 aromatic heterocycles. The molecule has 3 N–H and O–H groups in total. The van der Waals surface area contributed by atoms with Gasteiger partial charge in [-0.15, -0.1) is 0 Å². The minimum Gasteiger partial charge on any atom is -0.460 e. The van der Waals surface area contributed by atoms with Crippen LogP contribution in [0, 0.1) is 23.2 Å². The summed E-state index contributed by atoms with van der Waals surface area (Å²) in [5, 5.41) is 17.2. The summed E-state index contributed by atoms with van der Waals surface area (Å²) < 4.78 is 5.87. The molecule has 1 heterocycles. The van der Waals surface area contributed by atoms with Crippen LogP contribution in [0.5, 0.6) is 0 Å². The molecular weight excluding hydrogens is 472 g/mol. The van der Waals surface area contributed by atoms with Crippen molar-refractivity contribution in [3.05, 3.63) is 35.4 Å². The van der Waals surface area contributed by atoms with Crippen molar-refractivity contribution in [1.82, 2.24) is 16.0 Å². The first-order valence-electron chi connectivity index (χ1n) is 13.2. The average Bonchev–Trinajstić information content (AvgIpc) is 2.88. The van der Waals surface area contributed by atoms with Crippen molar-refractivity contribution in [2.24, 2.45) is 11.8 Å². The zero-order valence-electron chi connectivity index (χ0n) is 22.5. The fourth-order valence-electron chi connectivity index (χ4n) is 4.22. The smallest absolute Gasteiger partial charge is 0.329 e. The van der Waals surface area contributed by atoms with Crippen molar-refractivity contribution in [3.8, 4) is 6.07 Å². The van der Waals surface area contributed by atoms with Gasteiger partial charge in [0.15, 0.2) is 0 Å². The molecule has 1 aliphatic heterocycles. The number of hydrogen-bond acceptors (Lipinski definition) is 6. The van der Waals surface area contributed by atoms with Gasteiger partial charge in [0, 0.05) is 6.42 Å². The lowest BCUT2D eigenvalue weighted by Gasteiger charge is -2.29. The zero-order chi connectivity index (χ0) is 27.5. The predicted molar refractivity (Wildman–Crippen MR) is 139 cm³/mol. The fourth-order valence-corrected chi connectivity index (χ4v) is 4.22. The van der Waals surface area contributed by atoms with Crippen molar-refractivity contribution in [2.75, 3.05) is 0 Å². The van der Waals surface area contributed by atoms with Gasteiger partial charge >= 0.3 is 5.97 Å². The highest BCUT2D eigenvalue weighted by molar-refractivity contribution is 5.94. The number of nitriles is 1. The van der Waals surface area contributed by atoms with Crippen LogP contribution in [-0.2, 0) is 30.3 Å². The molecule has 6 atom stereocenters. The number of nitrogens with one attached hydrogen (secondary N) is 3. The molecule has 1 aliphatic rings. The van der Waals surface area contributed by atoms with Gasteiger partial charge in [-0.3, -0.25) is 14.4 Å². The highest BCUT2D eigenvalue weighted by atomic mass is 16.5. The first-order chi connectivity index (χ1) is 17.6. The molecule has 0 spiro atoms. The number of carbonyl (C=O) groups is 4. The van der Waals surface area contributed by atoms with Gasteiger partial charge in [-0.05, 0) is 42.9 Å². The first kappa shape index (κ1) is 29.8. The van der Waals surface area contributed by atoms with Crippen LogP contribution in [0.1, 0.15) is 77.8 Å². The molecular formula is C28H40N4O5. The lowest BCUT2D eigenvalue weighted by molar-refractivity contribution is -0.158. The molecule has 1 aromatic carbocycles. The van der Waals surface area contributed by atoms with E-state index in [0.29, 0.717) is 12.0 Å². The van der Waals surface area contributed by atoms with Crippen LogP contribution in [-0.4, -0.2) is 47.9 Å². The summed E-state index contributed by atoms with van der Waals surface area (Å²) >= 11 is 0. The average molecular weight is 513 g/mol. The number of hydrogen-bond donors (Lipinski definition) is 3. The van der Waals surface area contributed by atoms with Gasteiger partial charge in [-0.1, -0.05) is 59.1 Å². The maximum Gasteiger partial charge on any atom is 0.329 e. The van der Waals surface area contributed by atoms with E-state index in [1.54, 1.807) is 24.3 Å². The van der Waals surface area contributed by atoms with Gasteiger partial charge in [0.25, 0.3) is 0 Å². The second kappa shape index (κ2) is 14.4. The summed E-state index contributed by atoms with van der Waals surface area (Å²) in [5.74, 6) is -2.29. The van der Waals surface area contributed by atoms with Crippen molar-refractivity contribution < 1.29 is 23.9 Å². The Morgan fingerprint density at radius 1 is 1.00 bits per heavy atom. The molecule has 37 heavy (non-hydrogen) atoms. The first-order valence-corrected chi connectivity index (χ1v) is 13.2. The van der Waals surface area contributed by atoms with E-state index in [4.69, 9.17) is 10.00 Å². The monoisotopic (exact) mass is 512 g/mol. The van der Waals surface area contributed by atoms with E-state index in [-0.39, 0.29) is 24.7 Å². The zero-order valence-corrected chi connectivity index (χ0v) is 22.5. The summed E-state index contributed by atoms with van der Waals surface area (Å²) in [6.45, 7) is 9.31. The van der Waals surface area contributed by atoms with E-state index in [9.17, 15) is 19.2 Å². The molecule has 0 aliphatic carbocycles. The van der Waals surface area contributed by atoms with Crippen molar-refractivity contribution in [2.45, 2.75) is 97.4 Å². The molecule has 0 unspecified atom stereocenters. The fraction of sp³-hybridized carbons (Fsp3) is 0.607. The van der Waals surface area contributed by atoms with Crippen LogP contribution in [0.25, 0.3) is 0 Å². The number of unbranched alkanes of at least 4 members (excludes halogenated alkanes) is 1. The number of ether oxygens (including phenoxy) is 1. The van der Waals surface area contributed by atoms with Crippen molar-refractivity contribution >= 4 is 23.7 Å². The molecule has 1 aromatic rings. The van der Waals surface area contributed by atoms with Crippen LogP contribution in [0.3, 0.4) is 0 Å². The molecule has 0 radical (unpaired) electrons. The number of benzene rings is 1. The van der Waals surface area contributed by atoms with E-state index in [2.05, 4.69) is 28.9 Å². The SMILES string of the molecule is CCCC[C@H](C)[C@@H]1CC(=O)N[C@H](Cc2ccc(C#N)cc2)C(=O)N[C@@H](C)C(=O)N[C@H]([C@H](C)CC)C(=O)O1. The minimum atomic E-state index is -0.955. The lowest BCUT2D eigenvalue weighted by Crippen LogP contribution is -2.55. The van der Waals surface area contributed by atoms with E-state index in [1.807, 2.05) is 20.8 Å². The Kier molecular flexibility index (Phi) is 11.6. The van der Waals surface area contributed by atoms with Gasteiger partial charge in [-0.2, -0.15) is 5.26 Å². The van der Waals surface area contributed by atoms with Crippen LogP contribution in [0.15, 0.2) is 24.3 Å². The van der Waals surface area contributed by atoms with Gasteiger partial charge in [0.05, 0.1) is 18.1 Å². The van der Waals surface area contributed by atoms with Crippen molar-refractivity contribution in [1.29, 1.82) is 5.26 Å². The highest BCUT2D eigenvalue weighted by Gasteiger charge is 2.35. The predicted octanol–water partition coefficient (Wildman–Crippen LogP) is 2.76. The topological polar surface area (TPSA) is 137 Å². The lowest BCUT2D eigenvalue weighted by atomic mass is 9.94. The van der Waals surface area contributed by atoms with Crippen LogP contribution in [0.2, 0.25) is 0 Å². The molecule has 1 fully saturated rings. The highest BCUT2D eigenvalue weighted by Crippen LogP contribution is 2.21. The maximum absolute atomic E-state index is 13.2. The van der Waals surface area contributed by atoms with E-state index >= 15 is 0 Å². The largest absolute Gasteiger partial charge is 0.460 e. The molecule has 3 amide bonds. The second-order valence-corrected chi connectivity index (χ2v) is 10.0. The number of cyclic esters (lactones) is 1. The number of carbonyl (C=O) groups excluding carboxylic acids is 4. The molecule has 1 saturated heterocycles. The van der Waals surface area contributed by atoms with E-state index < -0.39 is 47.9 Å². The standard InChI is InChI=1S/C28H40N4O5/c1-6-8-9-18(4)23-15-24(33)31-22(14-20-10-12-21(16-29)13-11-20)27(35)30-19(5)26(34)32-25(17(3)7-2)28(36)37-23/h10-13,17-19,22-23,25H,6-9,14-15H2,1-5H3,(H,30,35)(H,31,33)(H,32,34)/t17-,18+,19+,22-,23+,25-/m1/s1. The normalized spacial score (nSPS) is 25.1. The molecule has 9 heteroatoms. The quantitative estimate of drug-likeness (QED) is 0.458. The van der Waals surface area contributed by atoms with Crippen LogP contribution < -0.4 is 16.0 Å². The molecule has 9 nitrogen and oxygen atoms in total. The van der Waals surface area contributed by atoms with Gasteiger partial charge in [0.1, 0.15) is 24.2 Å². The van der Waals surface area contributed by atoms with Gasteiger partial charge in [-0.25, -0.2) is 4.79 Å². The Morgan fingerprint density at radius 3 is 2.27 bits per heavy atom. The molecule has 0 bridgehead atoms. The third-order valence-corrected chi connectivity index (χ3v) is 6.99. The summed E-state index contributed by atoms with van der Waals surface area (Å²) in [4.78, 5) is 52.5. The van der Waals surface area contributed by atoms with E-state index in [0.717, 1.165) is 24.8 Å². The minimum absolute atomic E-state index is 0.0854. The number of amides is 3. The molecule has 2 rings (SSSR count). The number of nitrogens with zero attached hydrogens (tertiary/aromatic N) is 1. The maximum atomic E-state index is 13.2. The van der Waals surface area contributed by atoms with Gasteiger partial charge in [0.2, 0.25) is 17.7 Å². The van der Waals surface area contributed by atoms with Crippen LogP contribution >= 0.6 is 0 Å². The Labute approximate surface area is 219 Å². The van der Waals surface area contributed by atoms with Gasteiger partial charge < -0.3 is 20.7 Å². The van der Waals surface area contributed by atoms with E-state index in [1.165, 1.54) is 6.92 Å². The Balaban J connectivity index is 2.38. The van der Waals surface area contributed by atoms with Crippen molar-refractivity contribution in [3.63, 3.8) is 0 Å². The number of rotatable bonds is 8. The number of esters is 1. The summed E-state index contributed by atoms with van der Waals surface area (Å²) in [6, 6.07) is 6.00. The Morgan fingerprint density at radius 2 is 1.68 bits per heavy atom. The summed E-state index contributed by atoms with van der Waals surface area (Å²) in [6.07, 6.45) is 2.67.